The monoisotopic (exact) mass is 410 g/mol. The first-order valence-corrected chi connectivity index (χ1v) is 8.04. The fourth-order valence-electron chi connectivity index (χ4n) is 1.84. The Morgan fingerprint density at radius 1 is 1.09 bits per heavy atom. The number of amides is 1. The summed E-state index contributed by atoms with van der Waals surface area (Å²) in [5, 5.41) is 2.85. The fraction of sp³-hybridized carbons (Fsp3) is 0.235. The van der Waals surface area contributed by atoms with E-state index in [1.165, 1.54) is 0 Å². The van der Waals surface area contributed by atoms with Crippen LogP contribution >= 0.6 is 22.6 Å². The molecule has 2 rings (SSSR count). The molecule has 0 heterocycles. The van der Waals surface area contributed by atoms with Crippen LogP contribution in [0.25, 0.3) is 0 Å². The van der Waals surface area contributed by atoms with Gasteiger partial charge in [0.1, 0.15) is 5.75 Å². The smallest absolute Gasteiger partial charge is 0.258 e. The highest BCUT2D eigenvalue weighted by atomic mass is 127. The van der Waals surface area contributed by atoms with Crippen molar-refractivity contribution in [1.82, 2.24) is 5.32 Å². The lowest BCUT2D eigenvalue weighted by atomic mass is 10.2. The molecule has 0 unspecified atom stereocenters. The maximum Gasteiger partial charge on any atom is 0.258 e. The Morgan fingerprint density at radius 3 is 2.32 bits per heavy atom. The molecule has 0 fully saturated rings. The quantitative estimate of drug-likeness (QED) is 0.745. The normalized spacial score (nSPS) is 10.1. The lowest BCUT2D eigenvalue weighted by Gasteiger charge is -2.13. The van der Waals surface area contributed by atoms with E-state index in [1.807, 2.05) is 67.5 Å². The van der Waals surface area contributed by atoms with Crippen LogP contribution < -0.4 is 15.0 Å². The van der Waals surface area contributed by atoms with Crippen LogP contribution in [0, 0.1) is 3.57 Å². The predicted octanol–water partition coefficient (Wildman–Crippen LogP) is 3.05. The van der Waals surface area contributed by atoms with Crippen LogP contribution in [0.15, 0.2) is 48.5 Å². The summed E-state index contributed by atoms with van der Waals surface area (Å²) >= 11 is 2.23. The fourth-order valence-corrected chi connectivity index (χ4v) is 2.20. The number of nitrogens with one attached hydrogen (secondary N) is 1. The maximum absolute atomic E-state index is 11.8. The lowest BCUT2D eigenvalue weighted by Crippen LogP contribution is -2.28. The van der Waals surface area contributed by atoms with E-state index in [9.17, 15) is 4.79 Å². The highest BCUT2D eigenvalue weighted by Crippen LogP contribution is 2.13. The van der Waals surface area contributed by atoms with Crippen LogP contribution in [0.5, 0.6) is 5.75 Å². The highest BCUT2D eigenvalue weighted by molar-refractivity contribution is 14.1. The molecule has 0 bridgehead atoms. The molecule has 116 valence electrons. The second kappa shape index (κ2) is 8.03. The van der Waals surface area contributed by atoms with E-state index < -0.39 is 0 Å². The zero-order valence-corrected chi connectivity index (χ0v) is 14.8. The van der Waals surface area contributed by atoms with Crippen molar-refractivity contribution in [2.45, 2.75) is 6.54 Å². The molecule has 0 atom stereocenters. The Hall–Kier alpha value is -1.76. The minimum absolute atomic E-state index is 0.0242. The number of hydrogen-bond acceptors (Lipinski definition) is 3. The average Bonchev–Trinajstić information content (AvgIpc) is 2.52. The molecule has 0 saturated carbocycles. The van der Waals surface area contributed by atoms with Crippen molar-refractivity contribution in [3.05, 3.63) is 57.7 Å². The molecule has 1 amide bonds. The van der Waals surface area contributed by atoms with Crippen LogP contribution in [0.3, 0.4) is 0 Å². The Labute approximate surface area is 144 Å². The van der Waals surface area contributed by atoms with Gasteiger partial charge in [0.25, 0.3) is 5.91 Å². The second-order valence-electron chi connectivity index (χ2n) is 5.08. The van der Waals surface area contributed by atoms with Crippen LogP contribution in [0.4, 0.5) is 5.69 Å². The van der Waals surface area contributed by atoms with Gasteiger partial charge in [-0.2, -0.15) is 0 Å². The summed E-state index contributed by atoms with van der Waals surface area (Å²) in [5.74, 6) is 0.570. The number of halogens is 1. The molecule has 0 spiro atoms. The molecule has 4 nitrogen and oxygen atoms in total. The first-order chi connectivity index (χ1) is 10.5. The van der Waals surface area contributed by atoms with Crippen molar-refractivity contribution in [3.8, 4) is 5.75 Å². The van der Waals surface area contributed by atoms with Crippen molar-refractivity contribution in [2.75, 3.05) is 25.6 Å². The Bertz CT molecular complexity index is 610. The summed E-state index contributed by atoms with van der Waals surface area (Å²) < 4.78 is 6.57. The van der Waals surface area contributed by atoms with E-state index >= 15 is 0 Å². The number of rotatable bonds is 6. The molecule has 2 aromatic carbocycles. The molecule has 1 N–H and O–H groups in total. The molecule has 0 aliphatic carbocycles. The van der Waals surface area contributed by atoms with E-state index in [0.717, 1.165) is 14.8 Å². The van der Waals surface area contributed by atoms with E-state index in [2.05, 4.69) is 27.9 Å². The minimum Gasteiger partial charge on any atom is -0.484 e. The van der Waals surface area contributed by atoms with Crippen molar-refractivity contribution >= 4 is 34.2 Å². The van der Waals surface area contributed by atoms with Gasteiger partial charge >= 0.3 is 0 Å². The third-order valence-corrected chi connectivity index (χ3v) is 3.85. The molecule has 0 aliphatic heterocycles. The van der Waals surface area contributed by atoms with E-state index in [-0.39, 0.29) is 12.5 Å². The first kappa shape index (κ1) is 16.6. The molecule has 0 aliphatic rings. The Balaban J connectivity index is 1.76. The Kier molecular flexibility index (Phi) is 6.06. The molecule has 0 saturated heterocycles. The van der Waals surface area contributed by atoms with Gasteiger partial charge in [-0.25, -0.2) is 0 Å². The second-order valence-corrected chi connectivity index (χ2v) is 6.33. The van der Waals surface area contributed by atoms with Gasteiger partial charge in [0.15, 0.2) is 6.61 Å². The number of carbonyl (C=O) groups is 1. The van der Waals surface area contributed by atoms with Gasteiger partial charge in [0.2, 0.25) is 0 Å². The van der Waals surface area contributed by atoms with Gasteiger partial charge < -0.3 is 15.0 Å². The van der Waals surface area contributed by atoms with Gasteiger partial charge in [0.05, 0.1) is 0 Å². The number of anilines is 1. The Morgan fingerprint density at radius 2 is 1.73 bits per heavy atom. The van der Waals surface area contributed by atoms with E-state index in [1.54, 1.807) is 0 Å². The zero-order valence-electron chi connectivity index (χ0n) is 12.7. The molecule has 22 heavy (non-hydrogen) atoms. The van der Waals surface area contributed by atoms with Gasteiger partial charge in [-0.3, -0.25) is 4.79 Å². The summed E-state index contributed by atoms with van der Waals surface area (Å²) in [6.45, 7) is 0.527. The lowest BCUT2D eigenvalue weighted by molar-refractivity contribution is -0.123. The van der Waals surface area contributed by atoms with Crippen molar-refractivity contribution in [1.29, 1.82) is 0 Å². The van der Waals surface area contributed by atoms with Crippen molar-refractivity contribution in [3.63, 3.8) is 0 Å². The third kappa shape index (κ3) is 5.22. The van der Waals surface area contributed by atoms with Crippen LogP contribution in [-0.4, -0.2) is 26.6 Å². The summed E-state index contributed by atoms with van der Waals surface area (Å²) in [7, 11) is 4.00. The van der Waals surface area contributed by atoms with Crippen LogP contribution in [-0.2, 0) is 11.3 Å². The molecule has 5 heteroatoms. The summed E-state index contributed by atoms with van der Waals surface area (Å²) in [4.78, 5) is 13.8. The van der Waals surface area contributed by atoms with E-state index in [0.29, 0.717) is 12.3 Å². The SMILES string of the molecule is CN(C)c1ccc(CNC(=O)COc2ccc(I)cc2)cc1. The minimum atomic E-state index is -0.129. The van der Waals surface area contributed by atoms with Gasteiger partial charge in [-0.1, -0.05) is 12.1 Å². The molecule has 2 aromatic rings. The third-order valence-electron chi connectivity index (χ3n) is 3.13. The number of carbonyl (C=O) groups excluding carboxylic acids is 1. The maximum atomic E-state index is 11.8. The van der Waals surface area contributed by atoms with Crippen molar-refractivity contribution < 1.29 is 9.53 Å². The van der Waals surface area contributed by atoms with Gasteiger partial charge in [0, 0.05) is 29.9 Å². The van der Waals surface area contributed by atoms with Crippen LogP contribution in [0.2, 0.25) is 0 Å². The molecule has 0 radical (unpaired) electrons. The number of nitrogens with zero attached hydrogens (tertiary/aromatic N) is 1. The predicted molar refractivity (Wildman–Crippen MR) is 97.3 cm³/mol. The summed E-state index contributed by atoms with van der Waals surface area (Å²) in [6, 6.07) is 15.7. The van der Waals surface area contributed by atoms with Crippen LogP contribution in [0.1, 0.15) is 5.56 Å². The van der Waals surface area contributed by atoms with Gasteiger partial charge in [-0.05, 0) is 64.6 Å². The molecule has 0 aromatic heterocycles. The first-order valence-electron chi connectivity index (χ1n) is 6.96. The molecular formula is C17H19IN2O2. The number of hydrogen-bond donors (Lipinski definition) is 1. The number of benzene rings is 2. The summed E-state index contributed by atoms with van der Waals surface area (Å²) in [5.41, 5.74) is 2.20. The largest absolute Gasteiger partial charge is 0.484 e. The summed E-state index contributed by atoms with van der Waals surface area (Å²) in [6.07, 6.45) is 0. The highest BCUT2D eigenvalue weighted by Gasteiger charge is 2.03. The molecular weight excluding hydrogens is 391 g/mol. The van der Waals surface area contributed by atoms with Gasteiger partial charge in [-0.15, -0.1) is 0 Å². The standard InChI is InChI=1S/C17H19IN2O2/c1-20(2)15-7-3-13(4-8-15)11-19-17(21)12-22-16-9-5-14(18)6-10-16/h3-10H,11-12H2,1-2H3,(H,19,21). The topological polar surface area (TPSA) is 41.6 Å². The average molecular weight is 410 g/mol. The van der Waals surface area contributed by atoms with Crippen molar-refractivity contribution in [2.24, 2.45) is 0 Å². The number of ether oxygens (including phenoxy) is 1. The zero-order chi connectivity index (χ0) is 15.9. The van der Waals surface area contributed by atoms with E-state index in [4.69, 9.17) is 4.74 Å².